The summed E-state index contributed by atoms with van der Waals surface area (Å²) in [6, 6.07) is 30.4. The van der Waals surface area contributed by atoms with Gasteiger partial charge in [-0.2, -0.15) is 0 Å². The molecule has 0 heterocycles. The van der Waals surface area contributed by atoms with Crippen molar-refractivity contribution in [1.29, 1.82) is 0 Å². The van der Waals surface area contributed by atoms with E-state index in [0.717, 1.165) is 33.4 Å². The van der Waals surface area contributed by atoms with E-state index in [1.807, 2.05) is 93.6 Å². The molecule has 0 spiro atoms. The Hall–Kier alpha value is -3.90. The van der Waals surface area contributed by atoms with Gasteiger partial charge in [0.05, 0.1) is 24.5 Å². The van der Waals surface area contributed by atoms with E-state index >= 15 is 0 Å². The molecule has 0 saturated heterocycles. The molecule has 0 aliphatic rings. The van der Waals surface area contributed by atoms with Crippen molar-refractivity contribution in [3.63, 3.8) is 0 Å². The summed E-state index contributed by atoms with van der Waals surface area (Å²) in [6.45, 7) is 6.17. The van der Waals surface area contributed by atoms with Gasteiger partial charge in [-0.25, -0.2) is 8.42 Å². The molecule has 5 nitrogen and oxygen atoms in total. The molecule has 0 aromatic heterocycles. The second-order valence-electron chi connectivity index (χ2n) is 9.46. The lowest BCUT2D eigenvalue weighted by molar-refractivity contribution is 0.0943. The summed E-state index contributed by atoms with van der Waals surface area (Å²) < 4.78 is 26.5. The zero-order valence-electron chi connectivity index (χ0n) is 21.6. The summed E-state index contributed by atoms with van der Waals surface area (Å²) in [5.41, 5.74) is 7.20. The zero-order chi connectivity index (χ0) is 26.6. The summed E-state index contributed by atoms with van der Waals surface area (Å²) in [4.78, 5) is 13.2. The van der Waals surface area contributed by atoms with Gasteiger partial charge in [0.25, 0.3) is 5.91 Å². The predicted octanol–water partition coefficient (Wildman–Crippen LogP) is 6.10. The van der Waals surface area contributed by atoms with Gasteiger partial charge in [-0.3, -0.25) is 9.10 Å². The average Bonchev–Trinajstić information content (AvgIpc) is 2.88. The molecule has 0 bridgehead atoms. The van der Waals surface area contributed by atoms with Crippen LogP contribution in [0.4, 0.5) is 5.69 Å². The van der Waals surface area contributed by atoms with Gasteiger partial charge in [0.2, 0.25) is 10.0 Å². The molecule has 37 heavy (non-hydrogen) atoms. The lowest BCUT2D eigenvalue weighted by Gasteiger charge is -2.23. The van der Waals surface area contributed by atoms with E-state index in [2.05, 4.69) is 5.32 Å². The van der Waals surface area contributed by atoms with E-state index in [-0.39, 0.29) is 18.5 Å². The van der Waals surface area contributed by atoms with Crippen LogP contribution in [0.3, 0.4) is 0 Å². The highest BCUT2D eigenvalue weighted by atomic mass is 32.2. The van der Waals surface area contributed by atoms with Crippen LogP contribution in [-0.2, 0) is 16.6 Å². The Morgan fingerprint density at radius 3 is 2.00 bits per heavy atom. The molecule has 1 unspecified atom stereocenters. The maximum Gasteiger partial charge on any atom is 0.252 e. The summed E-state index contributed by atoms with van der Waals surface area (Å²) in [7, 11) is -3.50. The van der Waals surface area contributed by atoms with Gasteiger partial charge in [-0.1, -0.05) is 78.4 Å². The van der Waals surface area contributed by atoms with E-state index in [0.29, 0.717) is 11.3 Å². The van der Waals surface area contributed by atoms with Crippen molar-refractivity contribution in [3.8, 4) is 0 Å². The third-order valence-electron chi connectivity index (χ3n) is 6.54. The zero-order valence-corrected chi connectivity index (χ0v) is 22.4. The molecule has 1 amide bonds. The van der Waals surface area contributed by atoms with Crippen LogP contribution in [0.1, 0.15) is 49.8 Å². The topological polar surface area (TPSA) is 66.5 Å². The highest BCUT2D eigenvalue weighted by Gasteiger charge is 2.20. The van der Waals surface area contributed by atoms with Gasteiger partial charge >= 0.3 is 0 Å². The Labute approximate surface area is 219 Å². The van der Waals surface area contributed by atoms with E-state index in [1.165, 1.54) is 10.6 Å². The minimum atomic E-state index is -3.50. The van der Waals surface area contributed by atoms with Crippen LogP contribution in [0.25, 0.3) is 0 Å². The number of hydrogen-bond donors (Lipinski definition) is 1. The van der Waals surface area contributed by atoms with Crippen molar-refractivity contribution < 1.29 is 13.2 Å². The van der Waals surface area contributed by atoms with Crippen LogP contribution in [0, 0.1) is 20.8 Å². The van der Waals surface area contributed by atoms with Gasteiger partial charge < -0.3 is 5.32 Å². The minimum absolute atomic E-state index is 0.180. The SMILES string of the molecule is Cc1ccc(C(NC(=O)c2ccc(CN(c3ccc(C)c(C)c3)S(C)(=O)=O)cc2)c2ccccc2)cc1. The van der Waals surface area contributed by atoms with Crippen LogP contribution in [0.5, 0.6) is 0 Å². The van der Waals surface area contributed by atoms with Crippen LogP contribution in [0.15, 0.2) is 97.1 Å². The number of nitrogens with zero attached hydrogens (tertiary/aromatic N) is 1. The number of anilines is 1. The first kappa shape index (κ1) is 26.2. The molecule has 4 aromatic rings. The largest absolute Gasteiger partial charge is 0.341 e. The average molecular weight is 513 g/mol. The molecule has 4 aromatic carbocycles. The molecule has 1 N–H and O–H groups in total. The number of nitrogens with one attached hydrogen (secondary N) is 1. The Bertz CT molecular complexity index is 1480. The van der Waals surface area contributed by atoms with Crippen molar-refractivity contribution in [2.24, 2.45) is 0 Å². The second-order valence-corrected chi connectivity index (χ2v) is 11.4. The van der Waals surface area contributed by atoms with E-state index in [1.54, 1.807) is 24.3 Å². The van der Waals surface area contributed by atoms with Crippen molar-refractivity contribution in [1.82, 2.24) is 5.32 Å². The summed E-state index contributed by atoms with van der Waals surface area (Å²) in [6.07, 6.45) is 1.21. The standard InChI is InChI=1S/C31H32N2O3S/c1-22-10-15-27(16-11-22)30(26-8-6-5-7-9-26)32-31(34)28-17-13-25(14-18-28)21-33(37(4,35)36)29-19-12-23(2)24(3)20-29/h5-20,30H,21H2,1-4H3,(H,32,34). The van der Waals surface area contributed by atoms with Crippen LogP contribution < -0.4 is 9.62 Å². The third-order valence-corrected chi connectivity index (χ3v) is 7.68. The van der Waals surface area contributed by atoms with E-state index < -0.39 is 10.0 Å². The van der Waals surface area contributed by atoms with Gasteiger partial charge in [0.15, 0.2) is 0 Å². The third kappa shape index (κ3) is 6.46. The van der Waals surface area contributed by atoms with Gasteiger partial charge in [-0.05, 0) is 72.9 Å². The number of aryl methyl sites for hydroxylation is 3. The number of carbonyl (C=O) groups excluding carboxylic acids is 1. The lowest BCUT2D eigenvalue weighted by atomic mass is 9.97. The number of rotatable bonds is 8. The smallest absolute Gasteiger partial charge is 0.252 e. The number of hydrogen-bond acceptors (Lipinski definition) is 3. The molecule has 0 aliphatic heterocycles. The summed E-state index contributed by atoms with van der Waals surface area (Å²) in [5, 5.41) is 3.16. The fraction of sp³-hybridized carbons (Fsp3) is 0.194. The lowest BCUT2D eigenvalue weighted by Crippen LogP contribution is -2.30. The van der Waals surface area contributed by atoms with Crippen LogP contribution in [0.2, 0.25) is 0 Å². The Morgan fingerprint density at radius 1 is 0.784 bits per heavy atom. The van der Waals surface area contributed by atoms with E-state index in [9.17, 15) is 13.2 Å². The molecule has 6 heteroatoms. The number of amides is 1. The monoisotopic (exact) mass is 512 g/mol. The fourth-order valence-corrected chi connectivity index (χ4v) is 5.07. The summed E-state index contributed by atoms with van der Waals surface area (Å²) in [5.74, 6) is -0.199. The molecule has 1 atom stereocenters. The molecule has 0 saturated carbocycles. The highest BCUT2D eigenvalue weighted by molar-refractivity contribution is 7.92. The first-order valence-corrected chi connectivity index (χ1v) is 14.0. The molecule has 190 valence electrons. The normalized spacial score (nSPS) is 12.1. The second kappa shape index (κ2) is 11.0. The van der Waals surface area contributed by atoms with Crippen LogP contribution >= 0.6 is 0 Å². The number of benzene rings is 4. The quantitative estimate of drug-likeness (QED) is 0.310. The molecule has 0 aliphatic carbocycles. The van der Waals surface area contributed by atoms with Crippen molar-refractivity contribution >= 4 is 21.6 Å². The molecule has 0 radical (unpaired) electrons. The van der Waals surface area contributed by atoms with Crippen LogP contribution in [-0.4, -0.2) is 20.6 Å². The van der Waals surface area contributed by atoms with Crippen molar-refractivity contribution in [2.45, 2.75) is 33.4 Å². The van der Waals surface area contributed by atoms with Gasteiger partial charge in [0.1, 0.15) is 0 Å². The molecule has 0 fully saturated rings. The van der Waals surface area contributed by atoms with E-state index in [4.69, 9.17) is 0 Å². The Kier molecular flexibility index (Phi) is 7.79. The Morgan fingerprint density at radius 2 is 1.41 bits per heavy atom. The van der Waals surface area contributed by atoms with Gasteiger partial charge in [-0.15, -0.1) is 0 Å². The number of carbonyl (C=O) groups is 1. The number of sulfonamides is 1. The summed E-state index contributed by atoms with van der Waals surface area (Å²) >= 11 is 0. The highest BCUT2D eigenvalue weighted by Crippen LogP contribution is 2.25. The molecular formula is C31H32N2O3S. The Balaban J connectivity index is 1.55. The first-order valence-electron chi connectivity index (χ1n) is 12.2. The van der Waals surface area contributed by atoms with Gasteiger partial charge in [0, 0.05) is 5.56 Å². The molecule has 4 rings (SSSR count). The fourth-order valence-electron chi connectivity index (χ4n) is 4.19. The van der Waals surface area contributed by atoms with Crippen molar-refractivity contribution in [2.75, 3.05) is 10.6 Å². The molecular weight excluding hydrogens is 480 g/mol. The van der Waals surface area contributed by atoms with Crippen molar-refractivity contribution in [3.05, 3.63) is 136 Å². The first-order chi connectivity index (χ1) is 17.6. The maximum absolute atomic E-state index is 13.2. The predicted molar refractivity (Wildman–Crippen MR) is 150 cm³/mol. The minimum Gasteiger partial charge on any atom is -0.341 e. The maximum atomic E-state index is 13.2.